The molecule has 0 aliphatic carbocycles. The summed E-state index contributed by atoms with van der Waals surface area (Å²) in [5.41, 5.74) is 3.26. The summed E-state index contributed by atoms with van der Waals surface area (Å²) in [5.74, 6) is 0.337. The molecule has 0 radical (unpaired) electrons. The Balaban J connectivity index is 1.56. The number of rotatable bonds is 7. The van der Waals surface area contributed by atoms with Crippen LogP contribution in [-0.2, 0) is 11.3 Å². The quantitative estimate of drug-likeness (QED) is 0.460. The standard InChI is InChI=1S/C26H26N4O2/c1-18(20-11-5-3-6-12-20)27-24(31)17-30-23-16-10-9-15-22(23)29-25(30)19(2)28-26(32)21-13-7-4-8-14-21/h3-16,18-19H,17H2,1-2H3,(H,27,31)(H,28,32). The van der Waals surface area contributed by atoms with Crippen LogP contribution in [0.1, 0.15) is 47.7 Å². The molecule has 6 heteroatoms. The topological polar surface area (TPSA) is 76.0 Å². The van der Waals surface area contributed by atoms with Crippen LogP contribution in [-0.4, -0.2) is 21.4 Å². The fourth-order valence-corrected chi connectivity index (χ4v) is 3.78. The lowest BCUT2D eigenvalue weighted by Gasteiger charge is -2.18. The molecule has 0 bridgehead atoms. The van der Waals surface area contributed by atoms with Crippen molar-refractivity contribution in [2.45, 2.75) is 32.5 Å². The van der Waals surface area contributed by atoms with E-state index in [2.05, 4.69) is 10.6 Å². The molecule has 2 N–H and O–H groups in total. The average molecular weight is 427 g/mol. The molecule has 0 saturated carbocycles. The van der Waals surface area contributed by atoms with E-state index in [0.717, 1.165) is 16.6 Å². The molecule has 0 saturated heterocycles. The number of nitrogens with one attached hydrogen (secondary N) is 2. The number of carbonyl (C=O) groups excluding carboxylic acids is 2. The van der Waals surface area contributed by atoms with Crippen molar-refractivity contribution in [1.82, 2.24) is 20.2 Å². The molecule has 0 spiro atoms. The van der Waals surface area contributed by atoms with Crippen molar-refractivity contribution in [2.24, 2.45) is 0 Å². The highest BCUT2D eigenvalue weighted by molar-refractivity contribution is 5.94. The third kappa shape index (κ3) is 4.70. The first-order valence-corrected chi connectivity index (χ1v) is 10.7. The minimum absolute atomic E-state index is 0.110. The van der Waals surface area contributed by atoms with Crippen molar-refractivity contribution >= 4 is 22.8 Å². The largest absolute Gasteiger partial charge is 0.348 e. The maximum Gasteiger partial charge on any atom is 0.251 e. The highest BCUT2D eigenvalue weighted by Gasteiger charge is 2.21. The first kappa shape index (κ1) is 21.3. The number of carbonyl (C=O) groups is 2. The molecular formula is C26H26N4O2. The van der Waals surface area contributed by atoms with E-state index < -0.39 is 0 Å². The van der Waals surface area contributed by atoms with E-state index in [1.165, 1.54) is 0 Å². The number of para-hydroxylation sites is 2. The van der Waals surface area contributed by atoms with Crippen LogP contribution < -0.4 is 10.6 Å². The Bertz CT molecular complexity index is 1220. The normalized spacial score (nSPS) is 12.8. The molecule has 32 heavy (non-hydrogen) atoms. The van der Waals surface area contributed by atoms with Gasteiger partial charge in [0.15, 0.2) is 0 Å². The minimum atomic E-state index is -0.380. The summed E-state index contributed by atoms with van der Waals surface area (Å²) in [6.45, 7) is 3.95. The van der Waals surface area contributed by atoms with Crippen LogP contribution in [0.2, 0.25) is 0 Å². The molecule has 6 nitrogen and oxygen atoms in total. The highest BCUT2D eigenvalue weighted by Crippen LogP contribution is 2.21. The van der Waals surface area contributed by atoms with Crippen molar-refractivity contribution in [1.29, 1.82) is 0 Å². The van der Waals surface area contributed by atoms with Gasteiger partial charge in [0.05, 0.1) is 23.1 Å². The van der Waals surface area contributed by atoms with E-state index in [-0.39, 0.29) is 30.4 Å². The first-order valence-electron chi connectivity index (χ1n) is 10.7. The fraction of sp³-hybridized carbons (Fsp3) is 0.192. The number of hydrogen-bond acceptors (Lipinski definition) is 3. The second-order valence-corrected chi connectivity index (χ2v) is 7.81. The summed E-state index contributed by atoms with van der Waals surface area (Å²) in [7, 11) is 0. The number of imidazole rings is 1. The van der Waals surface area contributed by atoms with Gasteiger partial charge in [0.2, 0.25) is 5.91 Å². The lowest BCUT2D eigenvalue weighted by Crippen LogP contribution is -2.33. The SMILES string of the molecule is CC(NC(=O)Cn1c(C(C)NC(=O)c2ccccc2)nc2ccccc21)c1ccccc1. The van der Waals surface area contributed by atoms with E-state index in [4.69, 9.17) is 4.98 Å². The average Bonchev–Trinajstić information content (AvgIpc) is 3.18. The predicted molar refractivity (Wildman–Crippen MR) is 125 cm³/mol. The Morgan fingerprint density at radius 1 is 0.812 bits per heavy atom. The number of fused-ring (bicyclic) bond motifs is 1. The molecule has 1 heterocycles. The van der Waals surface area contributed by atoms with Crippen LogP contribution in [0.15, 0.2) is 84.9 Å². The number of benzene rings is 3. The summed E-state index contributed by atoms with van der Waals surface area (Å²) in [6, 6.07) is 26.1. The van der Waals surface area contributed by atoms with Crippen molar-refractivity contribution in [3.8, 4) is 0 Å². The zero-order chi connectivity index (χ0) is 22.5. The predicted octanol–water partition coefficient (Wildman–Crippen LogP) is 4.40. The summed E-state index contributed by atoms with van der Waals surface area (Å²) in [5, 5.41) is 6.06. The van der Waals surface area contributed by atoms with Gasteiger partial charge >= 0.3 is 0 Å². The number of aromatic nitrogens is 2. The third-order valence-corrected chi connectivity index (χ3v) is 5.43. The van der Waals surface area contributed by atoms with E-state index in [0.29, 0.717) is 11.4 Å². The van der Waals surface area contributed by atoms with Crippen molar-refractivity contribution < 1.29 is 9.59 Å². The van der Waals surface area contributed by atoms with Gasteiger partial charge in [0.25, 0.3) is 5.91 Å². The maximum absolute atomic E-state index is 12.9. The van der Waals surface area contributed by atoms with Crippen LogP contribution in [0, 0.1) is 0 Å². The first-order chi connectivity index (χ1) is 15.5. The zero-order valence-corrected chi connectivity index (χ0v) is 18.2. The molecule has 2 amide bonds. The Hall–Kier alpha value is -3.93. The van der Waals surface area contributed by atoms with E-state index in [1.807, 2.05) is 91.2 Å². The Morgan fingerprint density at radius 3 is 2.16 bits per heavy atom. The lowest BCUT2D eigenvalue weighted by atomic mass is 10.1. The smallest absolute Gasteiger partial charge is 0.251 e. The molecule has 4 rings (SSSR count). The van der Waals surface area contributed by atoms with Gasteiger partial charge in [-0.1, -0.05) is 60.7 Å². The molecule has 162 valence electrons. The van der Waals surface area contributed by atoms with Gasteiger partial charge in [-0.25, -0.2) is 4.98 Å². The molecule has 0 aliphatic rings. The Labute approximate surface area is 187 Å². The number of nitrogens with zero attached hydrogens (tertiary/aromatic N) is 2. The van der Waals surface area contributed by atoms with Gasteiger partial charge in [-0.2, -0.15) is 0 Å². The molecule has 2 atom stereocenters. The third-order valence-electron chi connectivity index (χ3n) is 5.43. The minimum Gasteiger partial charge on any atom is -0.348 e. The second kappa shape index (κ2) is 9.47. The van der Waals surface area contributed by atoms with Gasteiger partial charge in [0.1, 0.15) is 12.4 Å². The molecular weight excluding hydrogens is 400 g/mol. The van der Waals surface area contributed by atoms with Crippen LogP contribution in [0.25, 0.3) is 11.0 Å². The summed E-state index contributed by atoms with van der Waals surface area (Å²) < 4.78 is 1.87. The van der Waals surface area contributed by atoms with Gasteiger partial charge in [-0.15, -0.1) is 0 Å². The lowest BCUT2D eigenvalue weighted by molar-refractivity contribution is -0.122. The molecule has 2 unspecified atom stereocenters. The second-order valence-electron chi connectivity index (χ2n) is 7.81. The van der Waals surface area contributed by atoms with Crippen LogP contribution in [0.3, 0.4) is 0 Å². The van der Waals surface area contributed by atoms with Gasteiger partial charge in [-0.05, 0) is 43.7 Å². The van der Waals surface area contributed by atoms with Crippen molar-refractivity contribution in [3.05, 3.63) is 102 Å². The van der Waals surface area contributed by atoms with Crippen LogP contribution >= 0.6 is 0 Å². The van der Waals surface area contributed by atoms with Gasteiger partial charge in [-0.3, -0.25) is 9.59 Å². The van der Waals surface area contributed by atoms with E-state index >= 15 is 0 Å². The van der Waals surface area contributed by atoms with E-state index in [1.54, 1.807) is 12.1 Å². The van der Waals surface area contributed by atoms with Crippen LogP contribution in [0.4, 0.5) is 0 Å². The summed E-state index contributed by atoms with van der Waals surface area (Å²) >= 11 is 0. The van der Waals surface area contributed by atoms with E-state index in [9.17, 15) is 9.59 Å². The molecule has 4 aromatic rings. The Kier molecular flexibility index (Phi) is 6.31. The number of amides is 2. The van der Waals surface area contributed by atoms with Crippen molar-refractivity contribution in [3.63, 3.8) is 0 Å². The Morgan fingerprint density at radius 2 is 1.44 bits per heavy atom. The number of hydrogen-bond donors (Lipinski definition) is 2. The van der Waals surface area contributed by atoms with Crippen LogP contribution in [0.5, 0.6) is 0 Å². The maximum atomic E-state index is 12.9. The molecule has 3 aromatic carbocycles. The monoisotopic (exact) mass is 426 g/mol. The van der Waals surface area contributed by atoms with Crippen molar-refractivity contribution in [2.75, 3.05) is 0 Å². The summed E-state index contributed by atoms with van der Waals surface area (Å²) in [4.78, 5) is 30.3. The zero-order valence-electron chi connectivity index (χ0n) is 18.2. The molecule has 0 aliphatic heterocycles. The fourth-order valence-electron chi connectivity index (χ4n) is 3.78. The van der Waals surface area contributed by atoms with Gasteiger partial charge in [0, 0.05) is 5.56 Å². The molecule has 1 aromatic heterocycles. The summed E-state index contributed by atoms with van der Waals surface area (Å²) in [6.07, 6.45) is 0. The highest BCUT2D eigenvalue weighted by atomic mass is 16.2. The molecule has 0 fully saturated rings. The van der Waals surface area contributed by atoms with Gasteiger partial charge < -0.3 is 15.2 Å².